The van der Waals surface area contributed by atoms with E-state index in [9.17, 15) is 4.79 Å². The number of esters is 1. The van der Waals surface area contributed by atoms with Crippen molar-refractivity contribution in [3.63, 3.8) is 0 Å². The SMILES string of the molecule is C=C(CI)CO[C@H]1[C@H](OC)C[C@@]23COC[C@@]1(C)[C@@H]2CC[C@H]1C3=CC[C@@]2(C)[C@H](C(=O)OCc3ccccc3)[C@@](C)([C@H](C)C(C)C)CC[C@]12C. The molecule has 6 rings (SSSR count). The number of hydrogen-bond donors (Lipinski definition) is 0. The Kier molecular flexibility index (Phi) is 10.2. The summed E-state index contributed by atoms with van der Waals surface area (Å²) in [6.07, 6.45) is 8.84. The number of fused-ring (bicyclic) bond motifs is 3. The van der Waals surface area contributed by atoms with Gasteiger partial charge in [-0.25, -0.2) is 0 Å². The third-order valence-corrected chi connectivity index (χ3v) is 16.3. The molecule has 4 aliphatic carbocycles. The lowest BCUT2D eigenvalue weighted by atomic mass is 9.34. The van der Waals surface area contributed by atoms with Crippen LogP contribution >= 0.6 is 22.6 Å². The molecule has 0 N–H and O–H groups in total. The third kappa shape index (κ3) is 5.51. The molecular formula is C42H61IO5. The van der Waals surface area contributed by atoms with Crippen molar-refractivity contribution in [2.24, 2.45) is 56.7 Å². The average molecular weight is 773 g/mol. The molecule has 1 aromatic carbocycles. The molecule has 48 heavy (non-hydrogen) atoms. The second-order valence-electron chi connectivity index (χ2n) is 17.7. The second kappa shape index (κ2) is 13.4. The second-order valence-corrected chi connectivity index (χ2v) is 18.5. The van der Waals surface area contributed by atoms with Crippen LogP contribution in [-0.2, 0) is 30.3 Å². The fourth-order valence-corrected chi connectivity index (χ4v) is 12.3. The van der Waals surface area contributed by atoms with Gasteiger partial charge in [-0.2, -0.15) is 0 Å². The summed E-state index contributed by atoms with van der Waals surface area (Å²) in [5.41, 5.74) is 3.12. The van der Waals surface area contributed by atoms with Crippen molar-refractivity contribution in [3.8, 4) is 0 Å². The molecule has 6 heteroatoms. The van der Waals surface area contributed by atoms with Gasteiger partial charge in [-0.05, 0) is 89.6 Å². The number of carbonyl (C=O) groups excluding carboxylic acids is 1. The van der Waals surface area contributed by atoms with E-state index in [-0.39, 0.29) is 51.2 Å². The highest BCUT2D eigenvalue weighted by atomic mass is 127. The minimum absolute atomic E-state index is 0.000166. The van der Waals surface area contributed by atoms with Crippen molar-refractivity contribution >= 4 is 28.6 Å². The molecule has 5 aliphatic rings. The van der Waals surface area contributed by atoms with E-state index in [0.717, 1.165) is 60.7 Å². The molecule has 0 spiro atoms. The Morgan fingerprint density at radius 2 is 1.77 bits per heavy atom. The first-order chi connectivity index (χ1) is 22.7. The lowest BCUT2D eigenvalue weighted by molar-refractivity contribution is -0.265. The number of alkyl halides is 1. The van der Waals surface area contributed by atoms with Gasteiger partial charge in [0.2, 0.25) is 0 Å². The minimum Gasteiger partial charge on any atom is -0.461 e. The summed E-state index contributed by atoms with van der Waals surface area (Å²) in [7, 11) is 1.86. The van der Waals surface area contributed by atoms with Gasteiger partial charge in [0.05, 0.1) is 37.9 Å². The van der Waals surface area contributed by atoms with Crippen LogP contribution in [0.4, 0.5) is 0 Å². The number of methoxy groups -OCH3 is 1. The average Bonchev–Trinajstić information content (AvgIpc) is 3.06. The van der Waals surface area contributed by atoms with Crippen LogP contribution in [0.25, 0.3) is 0 Å². The number of carbonyl (C=O) groups is 1. The van der Waals surface area contributed by atoms with Crippen LogP contribution in [0.1, 0.15) is 92.6 Å². The van der Waals surface area contributed by atoms with Crippen LogP contribution in [0.3, 0.4) is 0 Å². The van der Waals surface area contributed by atoms with Crippen molar-refractivity contribution in [1.29, 1.82) is 0 Å². The van der Waals surface area contributed by atoms with Gasteiger partial charge < -0.3 is 18.9 Å². The Bertz CT molecular complexity index is 1390. The predicted octanol–water partition coefficient (Wildman–Crippen LogP) is 9.63. The van der Waals surface area contributed by atoms with Crippen molar-refractivity contribution in [2.75, 3.05) is 31.4 Å². The van der Waals surface area contributed by atoms with Crippen molar-refractivity contribution in [3.05, 3.63) is 59.7 Å². The first kappa shape index (κ1) is 36.6. The number of halogens is 1. The van der Waals surface area contributed by atoms with Crippen LogP contribution in [0.2, 0.25) is 0 Å². The Balaban J connectivity index is 1.39. The molecule has 1 aromatic rings. The molecule has 4 fully saturated rings. The maximum Gasteiger partial charge on any atom is 0.310 e. The maximum atomic E-state index is 14.7. The Morgan fingerprint density at radius 1 is 1.04 bits per heavy atom. The molecule has 1 heterocycles. The summed E-state index contributed by atoms with van der Waals surface area (Å²) >= 11 is 2.37. The van der Waals surface area contributed by atoms with Crippen molar-refractivity contribution in [1.82, 2.24) is 0 Å². The van der Waals surface area contributed by atoms with Gasteiger partial charge in [-0.15, -0.1) is 0 Å². The Hall–Kier alpha value is -1.22. The summed E-state index contributed by atoms with van der Waals surface area (Å²) < 4.78 is 26.9. The third-order valence-electron chi connectivity index (χ3n) is 15.2. The maximum absolute atomic E-state index is 14.7. The van der Waals surface area contributed by atoms with E-state index in [2.05, 4.69) is 95.8 Å². The monoisotopic (exact) mass is 772 g/mol. The van der Waals surface area contributed by atoms with Crippen LogP contribution < -0.4 is 0 Å². The molecule has 1 aliphatic heterocycles. The smallest absolute Gasteiger partial charge is 0.310 e. The molecule has 0 unspecified atom stereocenters. The molecule has 1 saturated heterocycles. The summed E-state index contributed by atoms with van der Waals surface area (Å²) in [6, 6.07) is 10.2. The number of rotatable bonds is 10. The van der Waals surface area contributed by atoms with Gasteiger partial charge in [0.1, 0.15) is 6.61 Å². The first-order valence-corrected chi connectivity index (χ1v) is 20.1. The summed E-state index contributed by atoms with van der Waals surface area (Å²) in [6.45, 7) is 23.4. The molecule has 5 nitrogen and oxygen atoms in total. The summed E-state index contributed by atoms with van der Waals surface area (Å²) in [4.78, 5) is 14.7. The van der Waals surface area contributed by atoms with Crippen LogP contribution in [-0.4, -0.2) is 49.5 Å². The van der Waals surface area contributed by atoms with E-state index in [0.29, 0.717) is 43.5 Å². The summed E-state index contributed by atoms with van der Waals surface area (Å²) in [5.74, 6) is 1.54. The van der Waals surface area contributed by atoms with Crippen molar-refractivity contribution in [2.45, 2.75) is 106 Å². The molecule has 11 atom stereocenters. The topological polar surface area (TPSA) is 54.0 Å². The number of benzene rings is 1. The van der Waals surface area contributed by atoms with E-state index in [1.54, 1.807) is 5.57 Å². The van der Waals surface area contributed by atoms with Crippen LogP contribution in [0.5, 0.6) is 0 Å². The van der Waals surface area contributed by atoms with E-state index in [1.165, 1.54) is 0 Å². The Morgan fingerprint density at radius 3 is 2.44 bits per heavy atom. The fraction of sp³-hybridized carbons (Fsp3) is 0.738. The highest BCUT2D eigenvalue weighted by Crippen LogP contribution is 2.75. The minimum atomic E-state index is -0.228. The molecule has 266 valence electrons. The van der Waals surface area contributed by atoms with Gasteiger partial charge >= 0.3 is 5.97 Å². The van der Waals surface area contributed by atoms with Gasteiger partial charge in [0.25, 0.3) is 0 Å². The molecule has 0 radical (unpaired) electrons. The van der Waals surface area contributed by atoms with E-state index in [4.69, 9.17) is 18.9 Å². The molecule has 2 bridgehead atoms. The molecule has 0 aromatic heterocycles. The predicted molar refractivity (Wildman–Crippen MR) is 201 cm³/mol. The largest absolute Gasteiger partial charge is 0.461 e. The number of allylic oxidation sites excluding steroid dienone is 1. The zero-order chi connectivity index (χ0) is 34.7. The van der Waals surface area contributed by atoms with E-state index < -0.39 is 0 Å². The molecular weight excluding hydrogens is 711 g/mol. The van der Waals surface area contributed by atoms with Crippen LogP contribution in [0.15, 0.2) is 54.1 Å². The highest BCUT2D eigenvalue weighted by Gasteiger charge is 2.72. The Labute approximate surface area is 304 Å². The highest BCUT2D eigenvalue weighted by molar-refractivity contribution is 14.1. The first-order valence-electron chi connectivity index (χ1n) is 18.6. The summed E-state index contributed by atoms with van der Waals surface area (Å²) in [5, 5.41) is 0. The zero-order valence-corrected chi connectivity index (χ0v) is 33.1. The molecule has 3 saturated carbocycles. The number of ether oxygens (including phenoxy) is 4. The normalized spacial score (nSPS) is 42.5. The van der Waals surface area contributed by atoms with Crippen LogP contribution in [0, 0.1) is 56.7 Å². The van der Waals surface area contributed by atoms with Gasteiger partial charge in [-0.3, -0.25) is 4.79 Å². The lowest BCUT2D eigenvalue weighted by Gasteiger charge is -2.71. The standard InChI is InChI=1S/C42H61IO5/c1-27(2)29(4)38(5)19-20-40(7)31-15-16-34-39(6)25-46-26-42(34,21-33(45-9)36(39)47-23-28(3)22-43)32(31)17-18-41(40,8)35(38)37(44)48-24-30-13-11-10-12-14-30/h10-14,17,27,29,31,33-36H,3,15-16,18-26H2,1-2,4-9H3/t29-,31+,33-,34+,35-,36+,38-,39+,40-,41+,42+/m1/s1. The number of hydrogen-bond acceptors (Lipinski definition) is 5. The fourth-order valence-electron chi connectivity index (χ4n) is 12.1. The van der Waals surface area contributed by atoms with Gasteiger partial charge in [0.15, 0.2) is 0 Å². The quantitative estimate of drug-likeness (QED) is 0.103. The van der Waals surface area contributed by atoms with Gasteiger partial charge in [-0.1, -0.05) is 120 Å². The lowest BCUT2D eigenvalue weighted by Crippen LogP contribution is -2.70. The molecule has 0 amide bonds. The van der Waals surface area contributed by atoms with Crippen molar-refractivity contribution < 1.29 is 23.7 Å². The van der Waals surface area contributed by atoms with Gasteiger partial charge in [0, 0.05) is 22.4 Å². The van der Waals surface area contributed by atoms with E-state index in [1.807, 2.05) is 25.3 Å². The van der Waals surface area contributed by atoms with E-state index >= 15 is 0 Å². The zero-order valence-electron chi connectivity index (χ0n) is 30.9.